The van der Waals surface area contributed by atoms with Crippen LogP contribution in [-0.2, 0) is 16.4 Å². The van der Waals surface area contributed by atoms with Gasteiger partial charge in [0, 0.05) is 38.8 Å². The highest BCUT2D eigenvalue weighted by molar-refractivity contribution is 7.89. The molecule has 2 aromatic carbocycles. The third-order valence-corrected chi connectivity index (χ3v) is 7.30. The Morgan fingerprint density at radius 1 is 0.938 bits per heavy atom. The third kappa shape index (κ3) is 5.25. The molecule has 3 rings (SSSR count). The molecule has 0 atom stereocenters. The van der Waals surface area contributed by atoms with Crippen molar-refractivity contribution in [2.75, 3.05) is 54.1 Å². The first-order valence-electron chi connectivity index (χ1n) is 10.3. The number of nitrogens with zero attached hydrogens (tertiary/aromatic N) is 2. The van der Waals surface area contributed by atoms with E-state index in [1.54, 1.807) is 24.1 Å². The van der Waals surface area contributed by atoms with Gasteiger partial charge in [0.05, 0.1) is 21.3 Å². The van der Waals surface area contributed by atoms with Crippen LogP contribution in [0.2, 0.25) is 0 Å². The van der Waals surface area contributed by atoms with Gasteiger partial charge in [-0.2, -0.15) is 4.31 Å². The Morgan fingerprint density at radius 3 is 2.28 bits per heavy atom. The van der Waals surface area contributed by atoms with E-state index in [4.69, 9.17) is 14.2 Å². The van der Waals surface area contributed by atoms with Gasteiger partial charge in [-0.05, 0) is 30.2 Å². The summed E-state index contributed by atoms with van der Waals surface area (Å²) in [5, 5.41) is 2.90. The molecule has 0 radical (unpaired) electrons. The summed E-state index contributed by atoms with van der Waals surface area (Å²) in [6.45, 7) is 1.45. The van der Waals surface area contributed by atoms with E-state index in [0.29, 0.717) is 31.8 Å². The van der Waals surface area contributed by atoms with E-state index in [0.717, 1.165) is 11.3 Å². The molecule has 0 aliphatic carbocycles. The van der Waals surface area contributed by atoms with Crippen LogP contribution in [0.4, 0.5) is 4.79 Å². The molecule has 1 saturated heterocycles. The number of methoxy groups -OCH3 is 3. The first-order valence-corrected chi connectivity index (χ1v) is 11.7. The van der Waals surface area contributed by atoms with Gasteiger partial charge < -0.3 is 24.4 Å². The lowest BCUT2D eigenvalue weighted by Gasteiger charge is -2.34. The maximum Gasteiger partial charge on any atom is 0.317 e. The molecule has 0 unspecified atom stereocenters. The standard InChI is InChI=1S/C22H29N3O6S/c1-29-18-8-9-20(31-3)21(16-18)32(27,28)25-14-12-24(13-15-25)22(26)23-11-10-17-6-4-5-7-19(17)30-2/h4-9,16H,10-15H2,1-3H3,(H,23,26). The summed E-state index contributed by atoms with van der Waals surface area (Å²) in [6.07, 6.45) is 0.639. The van der Waals surface area contributed by atoms with E-state index in [-0.39, 0.29) is 29.8 Å². The Hall–Kier alpha value is -2.98. The maximum absolute atomic E-state index is 13.2. The number of para-hydroxylation sites is 1. The van der Waals surface area contributed by atoms with Crippen molar-refractivity contribution in [3.8, 4) is 17.2 Å². The molecular formula is C22H29N3O6S. The van der Waals surface area contributed by atoms with Gasteiger partial charge >= 0.3 is 6.03 Å². The van der Waals surface area contributed by atoms with Crippen molar-refractivity contribution in [3.63, 3.8) is 0 Å². The predicted octanol–water partition coefficient (Wildman–Crippen LogP) is 1.97. The Labute approximate surface area is 188 Å². The minimum Gasteiger partial charge on any atom is -0.497 e. The zero-order valence-corrected chi connectivity index (χ0v) is 19.4. The van der Waals surface area contributed by atoms with Crippen LogP contribution in [0.3, 0.4) is 0 Å². The van der Waals surface area contributed by atoms with Gasteiger partial charge in [0.2, 0.25) is 10.0 Å². The zero-order chi connectivity index (χ0) is 23.1. The zero-order valence-electron chi connectivity index (χ0n) is 18.5. The van der Waals surface area contributed by atoms with Crippen LogP contribution in [0.1, 0.15) is 5.56 Å². The van der Waals surface area contributed by atoms with Crippen LogP contribution < -0.4 is 19.5 Å². The monoisotopic (exact) mass is 463 g/mol. The molecule has 174 valence electrons. The molecule has 0 spiro atoms. The first kappa shape index (κ1) is 23.7. The molecule has 0 bridgehead atoms. The highest BCUT2D eigenvalue weighted by Crippen LogP contribution is 2.31. The first-order chi connectivity index (χ1) is 15.4. The number of nitrogens with one attached hydrogen (secondary N) is 1. The summed E-state index contributed by atoms with van der Waals surface area (Å²) >= 11 is 0. The number of hydrogen-bond acceptors (Lipinski definition) is 6. The Kier molecular flexibility index (Phi) is 7.81. The largest absolute Gasteiger partial charge is 0.497 e. The minimum absolute atomic E-state index is 0.0501. The van der Waals surface area contributed by atoms with E-state index in [9.17, 15) is 13.2 Å². The second kappa shape index (κ2) is 10.6. The Bertz CT molecular complexity index is 1040. The molecule has 1 heterocycles. The molecule has 0 aromatic heterocycles. The van der Waals surface area contributed by atoms with Gasteiger partial charge in [-0.25, -0.2) is 13.2 Å². The lowest BCUT2D eigenvalue weighted by molar-refractivity contribution is 0.172. The van der Waals surface area contributed by atoms with Gasteiger partial charge in [-0.15, -0.1) is 0 Å². The summed E-state index contributed by atoms with van der Waals surface area (Å²) in [6, 6.07) is 12.1. The molecule has 2 aromatic rings. The highest BCUT2D eigenvalue weighted by atomic mass is 32.2. The number of urea groups is 1. The smallest absolute Gasteiger partial charge is 0.317 e. The maximum atomic E-state index is 13.2. The highest BCUT2D eigenvalue weighted by Gasteiger charge is 2.32. The Balaban J connectivity index is 1.57. The van der Waals surface area contributed by atoms with E-state index in [1.807, 2.05) is 24.3 Å². The van der Waals surface area contributed by atoms with Crippen LogP contribution in [0, 0.1) is 0 Å². The molecule has 2 amide bonds. The molecule has 9 nitrogen and oxygen atoms in total. The predicted molar refractivity (Wildman–Crippen MR) is 120 cm³/mol. The second-order valence-electron chi connectivity index (χ2n) is 7.20. The average molecular weight is 464 g/mol. The normalized spacial score (nSPS) is 14.7. The lowest BCUT2D eigenvalue weighted by Crippen LogP contribution is -2.53. The van der Waals surface area contributed by atoms with Crippen LogP contribution in [0.25, 0.3) is 0 Å². The van der Waals surface area contributed by atoms with E-state index in [1.165, 1.54) is 24.6 Å². The van der Waals surface area contributed by atoms with Crippen molar-refractivity contribution >= 4 is 16.1 Å². The van der Waals surface area contributed by atoms with Crippen molar-refractivity contribution in [1.82, 2.24) is 14.5 Å². The van der Waals surface area contributed by atoms with Crippen molar-refractivity contribution in [1.29, 1.82) is 0 Å². The summed E-state index contributed by atoms with van der Waals surface area (Å²) in [7, 11) is 0.726. The van der Waals surface area contributed by atoms with Gasteiger partial charge in [-0.3, -0.25) is 0 Å². The number of amides is 2. The number of carbonyl (C=O) groups excluding carboxylic acids is 1. The van der Waals surface area contributed by atoms with Crippen molar-refractivity contribution < 1.29 is 27.4 Å². The van der Waals surface area contributed by atoms with E-state index >= 15 is 0 Å². The van der Waals surface area contributed by atoms with Gasteiger partial charge in [0.25, 0.3) is 0 Å². The van der Waals surface area contributed by atoms with Crippen molar-refractivity contribution in [2.24, 2.45) is 0 Å². The second-order valence-corrected chi connectivity index (χ2v) is 9.11. The summed E-state index contributed by atoms with van der Waals surface area (Å²) < 4.78 is 43.4. The summed E-state index contributed by atoms with van der Waals surface area (Å²) in [5.74, 6) is 1.47. The molecule has 32 heavy (non-hydrogen) atoms. The average Bonchev–Trinajstić information content (AvgIpc) is 2.83. The van der Waals surface area contributed by atoms with Crippen LogP contribution >= 0.6 is 0 Å². The van der Waals surface area contributed by atoms with Gasteiger partial charge in [0.15, 0.2) is 0 Å². The van der Waals surface area contributed by atoms with E-state index < -0.39 is 10.0 Å². The Morgan fingerprint density at radius 2 is 1.62 bits per heavy atom. The summed E-state index contributed by atoms with van der Waals surface area (Å²) in [5.41, 5.74) is 1.01. The number of hydrogen-bond donors (Lipinski definition) is 1. The molecule has 1 fully saturated rings. The SMILES string of the molecule is COc1ccc(OC)c(S(=O)(=O)N2CCN(C(=O)NCCc3ccccc3OC)CC2)c1. The molecule has 1 N–H and O–H groups in total. The van der Waals surface area contributed by atoms with Crippen LogP contribution in [-0.4, -0.2) is 77.7 Å². The number of rotatable bonds is 8. The third-order valence-electron chi connectivity index (χ3n) is 5.38. The number of piperazine rings is 1. The molecular weight excluding hydrogens is 434 g/mol. The number of carbonyl (C=O) groups is 1. The fraction of sp³-hybridized carbons (Fsp3) is 0.409. The van der Waals surface area contributed by atoms with Gasteiger partial charge in [-0.1, -0.05) is 18.2 Å². The van der Waals surface area contributed by atoms with Crippen molar-refractivity contribution in [2.45, 2.75) is 11.3 Å². The fourth-order valence-corrected chi connectivity index (χ4v) is 5.17. The number of sulfonamides is 1. The van der Waals surface area contributed by atoms with Crippen LogP contribution in [0.5, 0.6) is 17.2 Å². The van der Waals surface area contributed by atoms with E-state index in [2.05, 4.69) is 5.32 Å². The van der Waals surface area contributed by atoms with Crippen molar-refractivity contribution in [3.05, 3.63) is 48.0 Å². The number of ether oxygens (including phenoxy) is 3. The molecule has 10 heteroatoms. The topological polar surface area (TPSA) is 97.4 Å². The molecule has 1 aliphatic rings. The molecule has 0 saturated carbocycles. The number of benzene rings is 2. The van der Waals surface area contributed by atoms with Crippen LogP contribution in [0.15, 0.2) is 47.4 Å². The minimum atomic E-state index is -3.79. The summed E-state index contributed by atoms with van der Waals surface area (Å²) in [4.78, 5) is 14.2. The quantitative estimate of drug-likeness (QED) is 0.643. The lowest BCUT2D eigenvalue weighted by atomic mass is 10.1. The fourth-order valence-electron chi connectivity index (χ4n) is 3.58. The molecule has 1 aliphatic heterocycles. The van der Waals surface area contributed by atoms with Gasteiger partial charge in [0.1, 0.15) is 22.1 Å².